The second-order valence-electron chi connectivity index (χ2n) is 2.32. The third kappa shape index (κ3) is 1.78. The van der Waals surface area contributed by atoms with Crippen molar-refractivity contribution in [3.8, 4) is 0 Å². The number of nitrogens with two attached hydrogens (primary N) is 1. The number of hydrogen-bond acceptors (Lipinski definition) is 3. The van der Waals surface area contributed by atoms with Crippen LogP contribution >= 0.6 is 11.5 Å². The third-order valence-electron chi connectivity index (χ3n) is 1.44. The molecule has 0 aliphatic rings. The zero-order valence-electron chi connectivity index (χ0n) is 6.08. The highest BCUT2D eigenvalue weighted by atomic mass is 32.1. The second kappa shape index (κ2) is 3.68. The van der Waals surface area contributed by atoms with Gasteiger partial charge in [0.25, 0.3) is 0 Å². The van der Waals surface area contributed by atoms with Crippen LogP contribution in [-0.4, -0.2) is 4.37 Å². The fourth-order valence-corrected chi connectivity index (χ4v) is 1.45. The number of aromatic nitrogens is 1. The number of rotatable bonds is 3. The Labute approximate surface area is 65.2 Å². The number of nitrogens with zero attached hydrogens (tertiary/aromatic N) is 1. The molecule has 1 heterocycles. The van der Waals surface area contributed by atoms with Crippen LogP contribution < -0.4 is 5.73 Å². The van der Waals surface area contributed by atoms with Gasteiger partial charge in [0, 0.05) is 11.4 Å². The van der Waals surface area contributed by atoms with E-state index in [0.29, 0.717) is 0 Å². The van der Waals surface area contributed by atoms with Gasteiger partial charge in [0.2, 0.25) is 0 Å². The Balaban J connectivity index is 2.50. The van der Waals surface area contributed by atoms with Gasteiger partial charge >= 0.3 is 0 Å². The van der Waals surface area contributed by atoms with Gasteiger partial charge in [0.05, 0.1) is 5.69 Å². The molecule has 1 rings (SSSR count). The molecule has 2 N–H and O–H groups in total. The average Bonchev–Trinajstić information content (AvgIpc) is 2.38. The lowest BCUT2D eigenvalue weighted by molar-refractivity contribution is 0.627. The highest BCUT2D eigenvalue weighted by molar-refractivity contribution is 7.03. The molecule has 1 unspecified atom stereocenters. The van der Waals surface area contributed by atoms with Crippen LogP contribution in [0.1, 0.15) is 31.5 Å². The summed E-state index contributed by atoms with van der Waals surface area (Å²) in [4.78, 5) is 0. The molecule has 0 aromatic carbocycles. The Morgan fingerprint density at radius 3 is 3.10 bits per heavy atom. The molecule has 0 aliphatic carbocycles. The van der Waals surface area contributed by atoms with E-state index in [-0.39, 0.29) is 6.04 Å². The third-order valence-corrected chi connectivity index (χ3v) is 2.01. The van der Waals surface area contributed by atoms with Crippen molar-refractivity contribution in [1.29, 1.82) is 0 Å². The topological polar surface area (TPSA) is 38.9 Å². The van der Waals surface area contributed by atoms with Crippen molar-refractivity contribution < 1.29 is 0 Å². The van der Waals surface area contributed by atoms with Crippen LogP contribution in [0.25, 0.3) is 0 Å². The minimum Gasteiger partial charge on any atom is -0.323 e. The maximum atomic E-state index is 5.79. The predicted molar refractivity (Wildman–Crippen MR) is 44.0 cm³/mol. The van der Waals surface area contributed by atoms with E-state index in [9.17, 15) is 0 Å². The summed E-state index contributed by atoms with van der Waals surface area (Å²) in [6.07, 6.45) is 2.16. The number of hydrogen-bond donors (Lipinski definition) is 1. The monoisotopic (exact) mass is 156 g/mol. The smallest absolute Gasteiger partial charge is 0.0709 e. The zero-order valence-corrected chi connectivity index (χ0v) is 6.90. The molecule has 1 aromatic heterocycles. The Morgan fingerprint density at radius 1 is 1.80 bits per heavy atom. The molecule has 3 heteroatoms. The van der Waals surface area contributed by atoms with E-state index < -0.39 is 0 Å². The minimum atomic E-state index is 0.149. The van der Waals surface area contributed by atoms with Crippen LogP contribution in [-0.2, 0) is 0 Å². The molecule has 1 atom stereocenters. The highest BCUT2D eigenvalue weighted by Gasteiger charge is 2.04. The van der Waals surface area contributed by atoms with Gasteiger partial charge in [-0.3, -0.25) is 0 Å². The van der Waals surface area contributed by atoms with Gasteiger partial charge in [-0.25, -0.2) is 0 Å². The van der Waals surface area contributed by atoms with Crippen molar-refractivity contribution >= 4 is 11.5 Å². The summed E-state index contributed by atoms with van der Waals surface area (Å²) >= 11 is 1.46. The van der Waals surface area contributed by atoms with E-state index in [4.69, 9.17) is 5.73 Å². The summed E-state index contributed by atoms with van der Waals surface area (Å²) in [5.74, 6) is 0. The standard InChI is InChI=1S/C7H12N2S/c1-2-3-6(8)7-4-5-10-9-7/h4-6H,2-3,8H2,1H3. The predicted octanol–water partition coefficient (Wildman–Crippen LogP) is 1.94. The van der Waals surface area contributed by atoms with Crippen LogP contribution in [0, 0.1) is 0 Å². The minimum absolute atomic E-state index is 0.149. The second-order valence-corrected chi connectivity index (χ2v) is 2.99. The lowest BCUT2D eigenvalue weighted by Gasteiger charge is -2.04. The van der Waals surface area contributed by atoms with E-state index in [1.54, 1.807) is 0 Å². The molecule has 0 radical (unpaired) electrons. The normalized spacial score (nSPS) is 13.4. The summed E-state index contributed by atoms with van der Waals surface area (Å²) in [6.45, 7) is 2.13. The fraction of sp³-hybridized carbons (Fsp3) is 0.571. The molecule has 0 amide bonds. The van der Waals surface area contributed by atoms with E-state index in [1.807, 2.05) is 11.4 Å². The van der Waals surface area contributed by atoms with Gasteiger partial charge in [0.15, 0.2) is 0 Å². The van der Waals surface area contributed by atoms with Gasteiger partial charge in [0.1, 0.15) is 0 Å². The van der Waals surface area contributed by atoms with Gasteiger partial charge in [-0.2, -0.15) is 4.37 Å². The maximum Gasteiger partial charge on any atom is 0.0709 e. The summed E-state index contributed by atoms with van der Waals surface area (Å²) < 4.78 is 4.15. The Bertz CT molecular complexity index is 172. The van der Waals surface area contributed by atoms with Gasteiger partial charge in [-0.1, -0.05) is 13.3 Å². The zero-order chi connectivity index (χ0) is 7.40. The molecule has 0 bridgehead atoms. The largest absolute Gasteiger partial charge is 0.323 e. The van der Waals surface area contributed by atoms with E-state index in [2.05, 4.69) is 11.3 Å². The van der Waals surface area contributed by atoms with Crippen LogP contribution in [0.3, 0.4) is 0 Å². The van der Waals surface area contributed by atoms with E-state index in [0.717, 1.165) is 18.5 Å². The molecule has 0 fully saturated rings. The van der Waals surface area contributed by atoms with Crippen LogP contribution in [0.2, 0.25) is 0 Å². The molecular formula is C7H12N2S. The molecule has 0 aliphatic heterocycles. The Kier molecular flexibility index (Phi) is 2.83. The molecule has 0 saturated heterocycles. The first-order valence-corrected chi connectivity index (χ1v) is 4.34. The summed E-state index contributed by atoms with van der Waals surface area (Å²) in [5.41, 5.74) is 6.83. The first-order chi connectivity index (χ1) is 4.84. The van der Waals surface area contributed by atoms with Crippen molar-refractivity contribution in [2.75, 3.05) is 0 Å². The summed E-state index contributed by atoms with van der Waals surface area (Å²) in [6, 6.07) is 2.14. The fourth-order valence-electron chi connectivity index (χ4n) is 0.872. The Morgan fingerprint density at radius 2 is 2.60 bits per heavy atom. The van der Waals surface area contributed by atoms with Crippen LogP contribution in [0.15, 0.2) is 11.4 Å². The molecule has 0 spiro atoms. The molecular weight excluding hydrogens is 144 g/mol. The molecule has 56 valence electrons. The average molecular weight is 156 g/mol. The van der Waals surface area contributed by atoms with Crippen LogP contribution in [0.5, 0.6) is 0 Å². The first-order valence-electron chi connectivity index (χ1n) is 3.50. The van der Waals surface area contributed by atoms with Gasteiger partial charge < -0.3 is 5.73 Å². The first kappa shape index (κ1) is 7.69. The molecule has 2 nitrogen and oxygen atoms in total. The van der Waals surface area contributed by atoms with E-state index in [1.165, 1.54) is 11.5 Å². The van der Waals surface area contributed by atoms with Crippen LogP contribution in [0.4, 0.5) is 0 Å². The van der Waals surface area contributed by atoms with Crippen molar-refractivity contribution in [2.24, 2.45) is 5.73 Å². The highest BCUT2D eigenvalue weighted by Crippen LogP contribution is 2.13. The lowest BCUT2D eigenvalue weighted by atomic mass is 10.1. The van der Waals surface area contributed by atoms with Crippen molar-refractivity contribution in [2.45, 2.75) is 25.8 Å². The lowest BCUT2D eigenvalue weighted by Crippen LogP contribution is -2.09. The quantitative estimate of drug-likeness (QED) is 0.726. The van der Waals surface area contributed by atoms with Crippen molar-refractivity contribution in [3.63, 3.8) is 0 Å². The van der Waals surface area contributed by atoms with Gasteiger partial charge in [-0.05, 0) is 24.0 Å². The molecule has 0 saturated carbocycles. The Hall–Kier alpha value is -0.410. The van der Waals surface area contributed by atoms with Gasteiger partial charge in [-0.15, -0.1) is 0 Å². The maximum absolute atomic E-state index is 5.79. The molecule has 1 aromatic rings. The van der Waals surface area contributed by atoms with E-state index >= 15 is 0 Å². The molecule has 10 heavy (non-hydrogen) atoms. The van der Waals surface area contributed by atoms with Crippen molar-refractivity contribution in [3.05, 3.63) is 17.1 Å². The summed E-state index contributed by atoms with van der Waals surface area (Å²) in [5, 5.41) is 1.96. The van der Waals surface area contributed by atoms with Crippen molar-refractivity contribution in [1.82, 2.24) is 4.37 Å². The SMILES string of the molecule is CCCC(N)c1ccsn1. The summed E-state index contributed by atoms with van der Waals surface area (Å²) in [7, 11) is 0.